The maximum atomic E-state index is 5.23. The number of aryl methyl sites for hydroxylation is 3. The second-order valence-electron chi connectivity index (χ2n) is 14.1. The van der Waals surface area contributed by atoms with Crippen LogP contribution in [0.25, 0.3) is 17.2 Å². The van der Waals surface area contributed by atoms with Gasteiger partial charge in [-0.15, -0.1) is 0 Å². The first-order chi connectivity index (χ1) is 23.5. The molecular weight excluding hydrogens is 581 g/mol. The van der Waals surface area contributed by atoms with Gasteiger partial charge in [-0.1, -0.05) is 164 Å². The highest BCUT2D eigenvalue weighted by atomic mass is 15.3. The van der Waals surface area contributed by atoms with E-state index in [9.17, 15) is 0 Å². The van der Waals surface area contributed by atoms with Crippen molar-refractivity contribution in [2.45, 2.75) is 163 Å². The van der Waals surface area contributed by atoms with Crippen molar-refractivity contribution in [3.05, 3.63) is 94.2 Å². The number of azo groups is 2. The summed E-state index contributed by atoms with van der Waals surface area (Å²) in [5.74, 6) is 0. The summed E-state index contributed by atoms with van der Waals surface area (Å²) in [6, 6.07) is 22.8. The largest absolute Gasteiger partial charge is 0.208 e. The molecule has 0 saturated carbocycles. The number of allylic oxidation sites excluding steroid dienone is 1. The summed E-state index contributed by atoms with van der Waals surface area (Å²) in [5.41, 5.74) is 12.2. The molecule has 0 N–H and O–H groups in total. The second kappa shape index (κ2) is 23.4. The highest BCUT2D eigenvalue weighted by molar-refractivity contribution is 5.72. The quantitative estimate of drug-likeness (QED) is 0.0521. The number of hydrogen-bond acceptors (Lipinski definition) is 1. The van der Waals surface area contributed by atoms with E-state index in [4.69, 9.17) is 5.11 Å². The molecular formula is C46H69N2+. The number of nitrogens with zero attached hydrogens (tertiary/aromatic N) is 2. The molecule has 0 amide bonds. The fourth-order valence-electron chi connectivity index (χ4n) is 6.99. The van der Waals surface area contributed by atoms with Gasteiger partial charge in [-0.25, -0.2) is 0 Å². The number of benzene rings is 3. The fourth-order valence-corrected chi connectivity index (χ4v) is 6.99. The van der Waals surface area contributed by atoms with E-state index in [0.29, 0.717) is 0 Å². The Morgan fingerprint density at radius 2 is 1.12 bits per heavy atom. The van der Waals surface area contributed by atoms with E-state index in [2.05, 4.69) is 113 Å². The molecule has 48 heavy (non-hydrogen) atoms. The molecule has 0 heterocycles. The lowest BCUT2D eigenvalue weighted by Gasteiger charge is -2.13. The average molecular weight is 650 g/mol. The first-order valence-corrected chi connectivity index (χ1v) is 20.0. The summed E-state index contributed by atoms with van der Waals surface area (Å²) >= 11 is 0. The van der Waals surface area contributed by atoms with Crippen LogP contribution in [-0.2, 0) is 19.3 Å². The van der Waals surface area contributed by atoms with Crippen molar-refractivity contribution in [2.75, 3.05) is 7.05 Å². The van der Waals surface area contributed by atoms with Gasteiger partial charge in [-0.3, -0.25) is 0 Å². The molecule has 0 unspecified atom stereocenters. The third-order valence-corrected chi connectivity index (χ3v) is 10.1. The molecule has 262 valence electrons. The molecule has 3 aromatic rings. The predicted octanol–water partition coefficient (Wildman–Crippen LogP) is 14.8. The third kappa shape index (κ3) is 13.9. The Morgan fingerprint density at radius 1 is 0.583 bits per heavy atom. The van der Waals surface area contributed by atoms with E-state index < -0.39 is 0 Å². The van der Waals surface area contributed by atoms with E-state index in [1.807, 2.05) is 0 Å². The molecule has 0 fully saturated rings. The molecule has 0 aromatic heterocycles. The standard InChI is InChI=1S/C46H69N2/c1-7-11-14-17-19-23-27-40-33-32-39(34-43(40)31-22-16-13-9-3)35-45(10-4)48(6)47-44-36-42(30-24-20-18-15-12-8-2)38(5)46(37-44)41-28-25-21-26-29-41/h21,25-26,28-29,32-37H,7-20,22-24,27,30-31H2,1-6H3/q+1. The lowest BCUT2D eigenvalue weighted by atomic mass is 9.93. The van der Waals surface area contributed by atoms with Crippen LogP contribution < -0.4 is 0 Å². The smallest absolute Gasteiger partial charge is 0.0906 e. The van der Waals surface area contributed by atoms with Crippen molar-refractivity contribution in [1.29, 1.82) is 0 Å². The number of hydrogen-bond donors (Lipinski definition) is 0. The topological polar surface area (TPSA) is 15.4 Å². The summed E-state index contributed by atoms with van der Waals surface area (Å²) in [6.07, 6.45) is 28.1. The van der Waals surface area contributed by atoms with E-state index in [1.165, 1.54) is 149 Å². The van der Waals surface area contributed by atoms with Crippen molar-refractivity contribution in [3.63, 3.8) is 0 Å². The normalized spacial score (nSPS) is 12.2. The molecule has 0 saturated heterocycles. The number of unbranched alkanes of at least 4 members (excludes halogenated alkanes) is 13. The van der Waals surface area contributed by atoms with Gasteiger partial charge in [0.05, 0.1) is 0 Å². The van der Waals surface area contributed by atoms with Crippen molar-refractivity contribution >= 4 is 11.8 Å². The Bertz CT molecular complexity index is 1380. The SMILES string of the molecule is CCCCCCCCc1ccc(C=C(CC)[N+](C)=Nc2cc(CCCCCCCC)c(C)c(-c3ccccc3)c2)cc1CCCCCC. The molecule has 3 rings (SSSR count). The first kappa shape index (κ1) is 39.4. The van der Waals surface area contributed by atoms with E-state index in [1.54, 1.807) is 11.1 Å². The summed E-state index contributed by atoms with van der Waals surface area (Å²) in [6.45, 7) is 11.5. The Morgan fingerprint density at radius 3 is 1.73 bits per heavy atom. The van der Waals surface area contributed by atoms with Gasteiger partial charge < -0.3 is 0 Å². The molecule has 2 nitrogen and oxygen atoms in total. The zero-order valence-corrected chi connectivity index (χ0v) is 31.9. The third-order valence-electron chi connectivity index (χ3n) is 10.1. The molecule has 3 aromatic carbocycles. The van der Waals surface area contributed by atoms with Crippen LogP contribution in [0.1, 0.15) is 165 Å². The zero-order valence-electron chi connectivity index (χ0n) is 31.9. The predicted molar refractivity (Wildman–Crippen MR) is 212 cm³/mol. The minimum atomic E-state index is 0.938. The van der Waals surface area contributed by atoms with Crippen LogP contribution >= 0.6 is 0 Å². The van der Waals surface area contributed by atoms with Crippen LogP contribution in [-0.4, -0.2) is 11.7 Å². The van der Waals surface area contributed by atoms with Crippen molar-refractivity contribution in [2.24, 2.45) is 5.11 Å². The van der Waals surface area contributed by atoms with Crippen molar-refractivity contribution < 1.29 is 4.70 Å². The van der Waals surface area contributed by atoms with Crippen LogP contribution in [0.3, 0.4) is 0 Å². The summed E-state index contributed by atoms with van der Waals surface area (Å²) in [5, 5.41) is 5.23. The fraction of sp³-hybridized carbons (Fsp3) is 0.565. The molecule has 0 bridgehead atoms. The molecule has 0 aliphatic heterocycles. The Hall–Kier alpha value is -3.00. The molecule has 0 atom stereocenters. The van der Waals surface area contributed by atoms with Gasteiger partial charge in [-0.2, -0.15) is 0 Å². The summed E-state index contributed by atoms with van der Waals surface area (Å²) in [4.78, 5) is 0. The molecule has 0 aliphatic carbocycles. The first-order valence-electron chi connectivity index (χ1n) is 20.0. The lowest BCUT2D eigenvalue weighted by Crippen LogP contribution is -2.03. The Kier molecular flexibility index (Phi) is 19.2. The van der Waals surface area contributed by atoms with Crippen LogP contribution in [0.15, 0.2) is 71.5 Å². The average Bonchev–Trinajstić information content (AvgIpc) is 3.10. The molecule has 2 heteroatoms. The zero-order chi connectivity index (χ0) is 34.4. The van der Waals surface area contributed by atoms with Crippen LogP contribution in [0.5, 0.6) is 0 Å². The maximum Gasteiger partial charge on any atom is 0.208 e. The van der Waals surface area contributed by atoms with Crippen LogP contribution in [0.2, 0.25) is 0 Å². The van der Waals surface area contributed by atoms with E-state index in [0.717, 1.165) is 18.5 Å². The van der Waals surface area contributed by atoms with Gasteiger partial charge >= 0.3 is 0 Å². The minimum Gasteiger partial charge on any atom is -0.0906 e. The highest BCUT2D eigenvalue weighted by Crippen LogP contribution is 2.32. The van der Waals surface area contributed by atoms with Crippen molar-refractivity contribution in [3.8, 4) is 11.1 Å². The molecule has 0 aliphatic rings. The van der Waals surface area contributed by atoms with E-state index >= 15 is 0 Å². The van der Waals surface area contributed by atoms with Gasteiger partial charge in [0.1, 0.15) is 5.69 Å². The molecule has 0 radical (unpaired) electrons. The highest BCUT2D eigenvalue weighted by Gasteiger charge is 2.14. The van der Waals surface area contributed by atoms with Gasteiger partial charge in [0.15, 0.2) is 7.05 Å². The van der Waals surface area contributed by atoms with Gasteiger partial charge in [0, 0.05) is 12.5 Å². The van der Waals surface area contributed by atoms with Gasteiger partial charge in [0.2, 0.25) is 5.70 Å². The van der Waals surface area contributed by atoms with Crippen molar-refractivity contribution in [1.82, 2.24) is 0 Å². The second-order valence-corrected chi connectivity index (χ2v) is 14.1. The summed E-state index contributed by atoms with van der Waals surface area (Å²) < 4.78 is 2.12. The van der Waals surface area contributed by atoms with E-state index in [-0.39, 0.29) is 0 Å². The molecule has 0 spiro atoms. The lowest BCUT2D eigenvalue weighted by molar-refractivity contribution is -0.512. The maximum absolute atomic E-state index is 5.23. The van der Waals surface area contributed by atoms with Gasteiger partial charge in [0.25, 0.3) is 0 Å². The Balaban J connectivity index is 1.86. The minimum absolute atomic E-state index is 0.938. The Labute approximate surface area is 296 Å². The number of rotatable bonds is 24. The van der Waals surface area contributed by atoms with Gasteiger partial charge in [-0.05, 0) is 102 Å². The van der Waals surface area contributed by atoms with Crippen LogP contribution in [0, 0.1) is 6.92 Å². The van der Waals surface area contributed by atoms with Crippen LogP contribution in [0.4, 0.5) is 5.69 Å². The monoisotopic (exact) mass is 650 g/mol. The summed E-state index contributed by atoms with van der Waals surface area (Å²) in [7, 11) is 2.13.